The van der Waals surface area contributed by atoms with E-state index >= 15 is 0 Å². The molecule has 0 spiro atoms. The van der Waals surface area contributed by atoms with Crippen molar-refractivity contribution in [2.24, 2.45) is 0 Å². The third-order valence-corrected chi connectivity index (χ3v) is 5.72. The summed E-state index contributed by atoms with van der Waals surface area (Å²) in [5, 5.41) is 1.85. The molecule has 2 aromatic heterocycles. The molecule has 0 radical (unpaired) electrons. The Balaban J connectivity index is 2.06. The lowest BCUT2D eigenvalue weighted by Gasteiger charge is -1.96. The van der Waals surface area contributed by atoms with Gasteiger partial charge in [0.2, 0.25) is 0 Å². The van der Waals surface area contributed by atoms with E-state index in [1.165, 1.54) is 22.7 Å². The predicted octanol–water partition coefficient (Wildman–Crippen LogP) is 3.45. The summed E-state index contributed by atoms with van der Waals surface area (Å²) in [5.74, 6) is -0.0965. The van der Waals surface area contributed by atoms with E-state index in [4.69, 9.17) is 11.6 Å². The average molecular weight is 291 g/mol. The molecular weight excluding hydrogens is 284 g/mol. The van der Waals surface area contributed by atoms with Gasteiger partial charge in [0.25, 0.3) is 0 Å². The molecule has 16 heavy (non-hydrogen) atoms. The van der Waals surface area contributed by atoms with Crippen LogP contribution < -0.4 is 0 Å². The van der Waals surface area contributed by atoms with Gasteiger partial charge in [-0.15, -0.1) is 22.7 Å². The predicted molar refractivity (Wildman–Crippen MR) is 69.3 cm³/mol. The smallest absolute Gasteiger partial charge is 0.185 e. The Morgan fingerprint density at radius 1 is 1.38 bits per heavy atom. The van der Waals surface area contributed by atoms with Crippen molar-refractivity contribution >= 4 is 50.9 Å². The molecule has 6 heteroatoms. The van der Waals surface area contributed by atoms with Crippen LogP contribution in [0.4, 0.5) is 0 Å². The van der Waals surface area contributed by atoms with E-state index in [1.54, 1.807) is 18.2 Å². The van der Waals surface area contributed by atoms with Gasteiger partial charge < -0.3 is 0 Å². The number of Topliss-reactive ketones (excluding diaryl/α,β-unsaturated/α-hetero) is 1. The second kappa shape index (κ2) is 5.23. The molecule has 0 aliphatic rings. The number of halogens is 1. The minimum absolute atomic E-state index is 0.0252. The van der Waals surface area contributed by atoms with Crippen LogP contribution in [0.15, 0.2) is 33.9 Å². The molecule has 0 bridgehead atoms. The first-order valence-corrected chi connectivity index (χ1v) is 7.76. The molecular formula is C10H7ClO2S3. The number of rotatable bonds is 4. The van der Waals surface area contributed by atoms with Gasteiger partial charge in [-0.25, -0.2) is 0 Å². The molecule has 84 valence electrons. The van der Waals surface area contributed by atoms with Gasteiger partial charge in [0.05, 0.1) is 30.0 Å². The number of hydrogen-bond donors (Lipinski definition) is 0. The van der Waals surface area contributed by atoms with Crippen LogP contribution in [0.1, 0.15) is 9.67 Å². The lowest BCUT2D eigenvalue weighted by atomic mass is 10.4. The van der Waals surface area contributed by atoms with Crippen molar-refractivity contribution < 1.29 is 9.00 Å². The van der Waals surface area contributed by atoms with Gasteiger partial charge in [0, 0.05) is 0 Å². The molecule has 0 aliphatic heterocycles. The molecule has 2 nitrogen and oxygen atoms in total. The van der Waals surface area contributed by atoms with Crippen molar-refractivity contribution in [2.45, 2.75) is 4.21 Å². The van der Waals surface area contributed by atoms with E-state index in [1.807, 2.05) is 11.4 Å². The maximum Gasteiger partial charge on any atom is 0.185 e. The van der Waals surface area contributed by atoms with Gasteiger partial charge in [0.1, 0.15) is 0 Å². The summed E-state index contributed by atoms with van der Waals surface area (Å²) in [6.07, 6.45) is 0. The van der Waals surface area contributed by atoms with E-state index in [0.717, 1.165) is 4.21 Å². The Hall–Kier alpha value is -0.490. The lowest BCUT2D eigenvalue weighted by molar-refractivity contribution is 0.102. The van der Waals surface area contributed by atoms with Crippen molar-refractivity contribution in [3.8, 4) is 0 Å². The molecule has 0 aromatic carbocycles. The van der Waals surface area contributed by atoms with Crippen molar-refractivity contribution in [3.05, 3.63) is 38.9 Å². The molecule has 0 amide bonds. The van der Waals surface area contributed by atoms with Crippen LogP contribution in [0.3, 0.4) is 0 Å². The Labute approximate surface area is 108 Å². The van der Waals surface area contributed by atoms with Gasteiger partial charge in [-0.05, 0) is 23.6 Å². The zero-order chi connectivity index (χ0) is 11.5. The second-order valence-electron chi connectivity index (χ2n) is 2.95. The van der Waals surface area contributed by atoms with Crippen molar-refractivity contribution in [3.63, 3.8) is 0 Å². The molecule has 0 saturated carbocycles. The van der Waals surface area contributed by atoms with Crippen LogP contribution in [-0.2, 0) is 10.8 Å². The first-order valence-electron chi connectivity index (χ1n) is 4.37. The maximum absolute atomic E-state index is 11.8. The molecule has 0 aliphatic carbocycles. The summed E-state index contributed by atoms with van der Waals surface area (Å²) in [6, 6.07) is 6.94. The third-order valence-electron chi connectivity index (χ3n) is 1.83. The summed E-state index contributed by atoms with van der Waals surface area (Å²) in [4.78, 5) is 12.3. The average Bonchev–Trinajstić information content (AvgIpc) is 2.87. The van der Waals surface area contributed by atoms with Crippen LogP contribution in [0.5, 0.6) is 0 Å². The second-order valence-corrected chi connectivity index (χ2v) is 7.29. The molecule has 1 atom stereocenters. The van der Waals surface area contributed by atoms with Crippen LogP contribution in [-0.4, -0.2) is 15.7 Å². The van der Waals surface area contributed by atoms with Gasteiger partial charge in [0.15, 0.2) is 5.78 Å². The van der Waals surface area contributed by atoms with Crippen molar-refractivity contribution in [1.29, 1.82) is 0 Å². The third kappa shape index (κ3) is 2.79. The van der Waals surface area contributed by atoms with Crippen molar-refractivity contribution in [1.82, 2.24) is 0 Å². The number of thiophene rings is 2. The lowest BCUT2D eigenvalue weighted by Crippen LogP contribution is -2.08. The normalized spacial score (nSPS) is 12.6. The zero-order valence-electron chi connectivity index (χ0n) is 8.01. The number of carbonyl (C=O) groups is 1. The number of ketones is 1. The Bertz CT molecular complexity index is 516. The molecule has 2 heterocycles. The summed E-state index contributed by atoms with van der Waals surface area (Å²) < 4.78 is 13.1. The fourth-order valence-corrected chi connectivity index (χ4v) is 4.18. The SMILES string of the molecule is O=C(CS(=O)c1cccs1)c1ccc(Cl)s1. The Morgan fingerprint density at radius 3 is 2.75 bits per heavy atom. The van der Waals surface area contributed by atoms with E-state index in [2.05, 4.69) is 0 Å². The van der Waals surface area contributed by atoms with E-state index < -0.39 is 10.8 Å². The van der Waals surface area contributed by atoms with Crippen LogP contribution in [0.25, 0.3) is 0 Å². The van der Waals surface area contributed by atoms with E-state index in [9.17, 15) is 9.00 Å². The van der Waals surface area contributed by atoms with Gasteiger partial charge >= 0.3 is 0 Å². The topological polar surface area (TPSA) is 34.1 Å². The Kier molecular flexibility index (Phi) is 3.91. The highest BCUT2D eigenvalue weighted by molar-refractivity contribution is 7.88. The molecule has 2 aromatic rings. The zero-order valence-corrected chi connectivity index (χ0v) is 11.2. The van der Waals surface area contributed by atoms with Crippen molar-refractivity contribution in [2.75, 3.05) is 5.75 Å². The van der Waals surface area contributed by atoms with E-state index in [0.29, 0.717) is 9.21 Å². The van der Waals surface area contributed by atoms with Gasteiger partial charge in [-0.1, -0.05) is 17.7 Å². The standard InChI is InChI=1S/C10H7ClO2S3/c11-9-4-3-8(15-9)7(12)6-16(13)10-2-1-5-14-10/h1-5H,6H2. The quantitative estimate of drug-likeness (QED) is 0.808. The molecule has 1 unspecified atom stereocenters. The first kappa shape index (κ1) is 12.0. The fourth-order valence-electron chi connectivity index (χ4n) is 1.12. The van der Waals surface area contributed by atoms with E-state index in [-0.39, 0.29) is 11.5 Å². The van der Waals surface area contributed by atoms with Gasteiger partial charge in [-0.3, -0.25) is 9.00 Å². The highest BCUT2D eigenvalue weighted by atomic mass is 35.5. The summed E-state index contributed by atoms with van der Waals surface area (Å²) >= 11 is 8.35. The maximum atomic E-state index is 11.8. The fraction of sp³-hybridized carbons (Fsp3) is 0.100. The number of carbonyl (C=O) groups excluding carboxylic acids is 1. The minimum atomic E-state index is -1.24. The summed E-state index contributed by atoms with van der Waals surface area (Å²) in [6.45, 7) is 0. The highest BCUT2D eigenvalue weighted by Crippen LogP contribution is 2.23. The first-order chi connectivity index (χ1) is 7.66. The largest absolute Gasteiger partial charge is 0.292 e. The highest BCUT2D eigenvalue weighted by Gasteiger charge is 2.14. The van der Waals surface area contributed by atoms with Crippen LogP contribution >= 0.6 is 34.3 Å². The van der Waals surface area contributed by atoms with Crippen LogP contribution in [0, 0.1) is 0 Å². The minimum Gasteiger partial charge on any atom is -0.292 e. The molecule has 2 rings (SSSR count). The van der Waals surface area contributed by atoms with Crippen LogP contribution in [0.2, 0.25) is 4.34 Å². The monoisotopic (exact) mass is 290 g/mol. The molecule has 0 fully saturated rings. The van der Waals surface area contributed by atoms with Gasteiger partial charge in [-0.2, -0.15) is 0 Å². The molecule has 0 N–H and O–H groups in total. The Morgan fingerprint density at radius 2 is 2.19 bits per heavy atom. The number of hydrogen-bond acceptors (Lipinski definition) is 4. The summed E-state index contributed by atoms with van der Waals surface area (Å²) in [5.41, 5.74) is 0. The summed E-state index contributed by atoms with van der Waals surface area (Å²) in [7, 11) is -1.24. The molecule has 0 saturated heterocycles.